The standard InChI is InChI=1S/C26H42O4/c1-8-10-11-12-14-20(22(17-27)25(28)29)16-24-19(5)21(15-18(3)4)23(13-9-2)26(6,7)30-24/h16-17,21,23,27H,3,8-15H2,1-2,4-7H3,(H,28,29)/b20-16-,22-17-. The molecule has 30 heavy (non-hydrogen) atoms. The summed E-state index contributed by atoms with van der Waals surface area (Å²) in [6.45, 7) is 16.9. The summed E-state index contributed by atoms with van der Waals surface area (Å²) in [5.41, 5.74) is 2.49. The van der Waals surface area contributed by atoms with Crippen LogP contribution in [0.15, 0.2) is 47.0 Å². The quantitative estimate of drug-likeness (QED) is 0.113. The highest BCUT2D eigenvalue weighted by Gasteiger charge is 2.42. The molecule has 0 aliphatic carbocycles. The van der Waals surface area contributed by atoms with E-state index in [9.17, 15) is 15.0 Å². The van der Waals surface area contributed by atoms with E-state index in [4.69, 9.17) is 4.74 Å². The van der Waals surface area contributed by atoms with Gasteiger partial charge in [-0.1, -0.05) is 45.1 Å². The van der Waals surface area contributed by atoms with Crippen molar-refractivity contribution >= 4 is 5.97 Å². The molecule has 2 atom stereocenters. The van der Waals surface area contributed by atoms with Gasteiger partial charge in [-0.25, -0.2) is 4.79 Å². The highest BCUT2D eigenvalue weighted by Crippen LogP contribution is 2.46. The summed E-state index contributed by atoms with van der Waals surface area (Å²) in [4.78, 5) is 11.7. The van der Waals surface area contributed by atoms with Crippen LogP contribution in [0.4, 0.5) is 0 Å². The van der Waals surface area contributed by atoms with Gasteiger partial charge in [0.05, 0.1) is 11.8 Å². The Balaban J connectivity index is 3.43. The summed E-state index contributed by atoms with van der Waals surface area (Å²) in [5, 5.41) is 19.2. The van der Waals surface area contributed by atoms with Gasteiger partial charge in [-0.05, 0) is 76.5 Å². The first-order valence-corrected chi connectivity index (χ1v) is 11.4. The van der Waals surface area contributed by atoms with E-state index >= 15 is 0 Å². The van der Waals surface area contributed by atoms with Gasteiger partial charge in [0.2, 0.25) is 0 Å². The van der Waals surface area contributed by atoms with Crippen LogP contribution in [0.2, 0.25) is 0 Å². The van der Waals surface area contributed by atoms with Gasteiger partial charge < -0.3 is 14.9 Å². The predicted molar refractivity (Wildman–Crippen MR) is 124 cm³/mol. The number of carboxylic acids is 1. The number of ether oxygens (including phenoxy) is 1. The van der Waals surface area contributed by atoms with Crippen LogP contribution in [-0.2, 0) is 9.53 Å². The molecular weight excluding hydrogens is 376 g/mol. The number of aliphatic hydroxyl groups is 1. The molecular formula is C26H42O4. The van der Waals surface area contributed by atoms with Gasteiger partial charge in [-0.15, -0.1) is 6.58 Å². The van der Waals surface area contributed by atoms with Crippen LogP contribution in [-0.4, -0.2) is 21.8 Å². The Morgan fingerprint density at radius 2 is 1.87 bits per heavy atom. The van der Waals surface area contributed by atoms with Crippen molar-refractivity contribution in [1.82, 2.24) is 0 Å². The normalized spacial score (nSPS) is 22.1. The van der Waals surface area contributed by atoms with E-state index < -0.39 is 5.97 Å². The Hall–Kier alpha value is -1.97. The van der Waals surface area contributed by atoms with E-state index in [1.807, 2.05) is 6.08 Å². The summed E-state index contributed by atoms with van der Waals surface area (Å²) in [7, 11) is 0. The minimum absolute atomic E-state index is 0.0552. The molecule has 0 aromatic carbocycles. The molecule has 1 heterocycles. The van der Waals surface area contributed by atoms with Crippen LogP contribution >= 0.6 is 0 Å². The molecule has 4 nitrogen and oxygen atoms in total. The van der Waals surface area contributed by atoms with Gasteiger partial charge in [0.15, 0.2) is 0 Å². The highest BCUT2D eigenvalue weighted by molar-refractivity contribution is 5.91. The van der Waals surface area contributed by atoms with Crippen LogP contribution in [0.25, 0.3) is 0 Å². The first-order valence-electron chi connectivity index (χ1n) is 11.4. The zero-order valence-electron chi connectivity index (χ0n) is 19.9. The number of aliphatic hydroxyl groups excluding tert-OH is 1. The SMILES string of the molecule is C=C(C)CC1C(C)=C(/C=C(CCCCCC)\C(=C\O)C(=O)O)OC(C)(C)C1CCC. The monoisotopic (exact) mass is 418 g/mol. The number of allylic oxidation sites excluding steroid dienone is 3. The number of rotatable bonds is 12. The fraction of sp³-hybridized carbons (Fsp3) is 0.654. The minimum Gasteiger partial charge on any atom is -0.515 e. The lowest BCUT2D eigenvalue weighted by molar-refractivity contribution is -0.132. The van der Waals surface area contributed by atoms with Gasteiger partial charge in [0.1, 0.15) is 11.4 Å². The Kier molecular flexibility index (Phi) is 10.4. The number of carboxylic acid groups (broad SMARTS) is 1. The smallest absolute Gasteiger partial charge is 0.339 e. The average Bonchev–Trinajstić information content (AvgIpc) is 2.65. The Morgan fingerprint density at radius 1 is 1.20 bits per heavy atom. The van der Waals surface area contributed by atoms with Gasteiger partial charge in [0, 0.05) is 5.92 Å². The molecule has 0 aromatic heterocycles. The average molecular weight is 419 g/mol. The molecule has 0 radical (unpaired) electrons. The molecule has 0 spiro atoms. The minimum atomic E-state index is -1.12. The van der Waals surface area contributed by atoms with E-state index in [1.165, 1.54) is 0 Å². The Labute approximate surface area is 183 Å². The summed E-state index contributed by atoms with van der Waals surface area (Å²) in [6.07, 6.45) is 10.4. The summed E-state index contributed by atoms with van der Waals surface area (Å²) in [6, 6.07) is 0. The molecule has 0 saturated heterocycles. The van der Waals surface area contributed by atoms with Crippen LogP contribution in [0.5, 0.6) is 0 Å². The molecule has 1 rings (SSSR count). The highest BCUT2D eigenvalue weighted by atomic mass is 16.5. The largest absolute Gasteiger partial charge is 0.515 e. The molecule has 2 unspecified atom stereocenters. The molecule has 4 heteroatoms. The van der Waals surface area contributed by atoms with Crippen molar-refractivity contribution in [3.63, 3.8) is 0 Å². The molecule has 0 aromatic rings. The van der Waals surface area contributed by atoms with E-state index in [1.54, 1.807) is 0 Å². The molecule has 1 aliphatic rings. The van der Waals surface area contributed by atoms with Gasteiger partial charge in [-0.2, -0.15) is 0 Å². The van der Waals surface area contributed by atoms with Gasteiger partial charge in [0.25, 0.3) is 0 Å². The summed E-state index contributed by atoms with van der Waals surface area (Å²) >= 11 is 0. The second-order valence-corrected chi connectivity index (χ2v) is 9.24. The first kappa shape index (κ1) is 26.1. The topological polar surface area (TPSA) is 66.8 Å². The molecule has 0 saturated carbocycles. The zero-order valence-corrected chi connectivity index (χ0v) is 19.9. The lowest BCUT2D eigenvalue weighted by Gasteiger charge is -2.45. The van der Waals surface area contributed by atoms with Crippen molar-refractivity contribution in [2.45, 2.75) is 98.5 Å². The molecule has 2 N–H and O–H groups in total. The van der Waals surface area contributed by atoms with Crippen molar-refractivity contribution in [3.05, 3.63) is 47.0 Å². The first-order chi connectivity index (χ1) is 14.1. The Bertz CT molecular complexity index is 694. The third-order valence-corrected chi connectivity index (χ3v) is 6.18. The van der Waals surface area contributed by atoms with Crippen LogP contribution in [0, 0.1) is 11.8 Å². The molecule has 170 valence electrons. The molecule has 1 aliphatic heterocycles. The van der Waals surface area contributed by atoms with Crippen LogP contribution in [0.3, 0.4) is 0 Å². The van der Waals surface area contributed by atoms with Crippen molar-refractivity contribution in [2.24, 2.45) is 11.8 Å². The lowest BCUT2D eigenvalue weighted by Crippen LogP contribution is -2.43. The van der Waals surface area contributed by atoms with Crippen molar-refractivity contribution in [1.29, 1.82) is 0 Å². The van der Waals surface area contributed by atoms with Crippen molar-refractivity contribution in [3.8, 4) is 0 Å². The van der Waals surface area contributed by atoms with E-state index in [-0.39, 0.29) is 11.2 Å². The third-order valence-electron chi connectivity index (χ3n) is 6.18. The Morgan fingerprint density at radius 3 is 2.37 bits per heavy atom. The third kappa shape index (κ3) is 7.07. The van der Waals surface area contributed by atoms with E-state index in [0.717, 1.165) is 61.9 Å². The maximum Gasteiger partial charge on any atom is 0.339 e. The van der Waals surface area contributed by atoms with Crippen molar-refractivity contribution in [2.75, 3.05) is 0 Å². The number of unbranched alkanes of at least 4 members (excludes halogenated alkanes) is 3. The maximum absolute atomic E-state index is 11.7. The predicted octanol–water partition coefficient (Wildman–Crippen LogP) is 7.49. The summed E-state index contributed by atoms with van der Waals surface area (Å²) < 4.78 is 6.47. The second kappa shape index (κ2) is 12.0. The van der Waals surface area contributed by atoms with E-state index in [2.05, 4.69) is 48.1 Å². The second-order valence-electron chi connectivity index (χ2n) is 9.24. The number of hydrogen-bond acceptors (Lipinski definition) is 3. The molecule has 0 fully saturated rings. The lowest BCUT2D eigenvalue weighted by atomic mass is 9.70. The number of aliphatic carboxylic acids is 1. The molecule has 0 bridgehead atoms. The fourth-order valence-electron chi connectivity index (χ4n) is 4.54. The molecule has 0 amide bonds. The number of hydrogen-bond donors (Lipinski definition) is 2. The number of carbonyl (C=O) groups is 1. The van der Waals surface area contributed by atoms with Crippen LogP contribution in [0.1, 0.15) is 92.9 Å². The maximum atomic E-state index is 11.7. The zero-order chi connectivity index (χ0) is 22.9. The summed E-state index contributed by atoms with van der Waals surface area (Å²) in [5.74, 6) is 0.307. The van der Waals surface area contributed by atoms with Gasteiger partial charge in [-0.3, -0.25) is 0 Å². The van der Waals surface area contributed by atoms with Gasteiger partial charge >= 0.3 is 5.97 Å². The van der Waals surface area contributed by atoms with Crippen molar-refractivity contribution < 1.29 is 19.7 Å². The van der Waals surface area contributed by atoms with Crippen LogP contribution < -0.4 is 0 Å². The van der Waals surface area contributed by atoms with E-state index in [0.29, 0.717) is 30.1 Å². The fourth-order valence-corrected chi connectivity index (χ4v) is 4.54.